The van der Waals surface area contributed by atoms with E-state index in [1.54, 1.807) is 0 Å². The Hall–Kier alpha value is -0.0400. The quantitative estimate of drug-likeness (QED) is 0.746. The Morgan fingerprint density at radius 1 is 1.19 bits per heavy atom. The molecule has 2 unspecified atom stereocenters. The molecule has 0 amide bonds. The fourth-order valence-corrected chi connectivity index (χ4v) is 4.40. The molecule has 2 fully saturated rings. The third kappa shape index (κ3) is 2.45. The topological polar surface area (TPSA) is 12.0 Å². The van der Waals surface area contributed by atoms with Crippen LogP contribution in [0.2, 0.25) is 0 Å². The van der Waals surface area contributed by atoms with Crippen LogP contribution in [0.5, 0.6) is 0 Å². The van der Waals surface area contributed by atoms with Crippen LogP contribution in [0.4, 0.5) is 0 Å². The van der Waals surface area contributed by atoms with Gasteiger partial charge in [0.2, 0.25) is 0 Å². The van der Waals surface area contributed by atoms with Gasteiger partial charge in [0, 0.05) is 0 Å². The monoisotopic (exact) mass is 223 g/mol. The largest absolute Gasteiger partial charge is 0.316 e. The summed E-state index contributed by atoms with van der Waals surface area (Å²) in [5, 5.41) is 3.62. The van der Waals surface area contributed by atoms with Crippen LogP contribution in [0.15, 0.2) is 0 Å². The van der Waals surface area contributed by atoms with Gasteiger partial charge in [-0.15, -0.1) is 0 Å². The van der Waals surface area contributed by atoms with Crippen LogP contribution in [-0.2, 0) is 0 Å². The maximum Gasteiger partial charge on any atom is -0.00152 e. The van der Waals surface area contributed by atoms with Gasteiger partial charge in [-0.1, -0.05) is 33.6 Å². The molecule has 1 nitrogen and oxygen atoms in total. The van der Waals surface area contributed by atoms with Crippen molar-refractivity contribution >= 4 is 0 Å². The van der Waals surface area contributed by atoms with Gasteiger partial charge in [-0.05, 0) is 61.9 Å². The van der Waals surface area contributed by atoms with Crippen molar-refractivity contribution in [3.8, 4) is 0 Å². The number of hydrogen-bond donors (Lipinski definition) is 1. The van der Waals surface area contributed by atoms with Gasteiger partial charge in [0.15, 0.2) is 0 Å². The van der Waals surface area contributed by atoms with E-state index in [0.29, 0.717) is 10.8 Å². The molecule has 2 aliphatic rings. The summed E-state index contributed by atoms with van der Waals surface area (Å²) in [6, 6.07) is 0. The van der Waals surface area contributed by atoms with E-state index >= 15 is 0 Å². The first-order valence-electron chi connectivity index (χ1n) is 7.29. The maximum absolute atomic E-state index is 3.62. The summed E-state index contributed by atoms with van der Waals surface area (Å²) in [5.74, 6) is 0.950. The van der Waals surface area contributed by atoms with Crippen LogP contribution < -0.4 is 5.32 Å². The number of hydrogen-bond acceptors (Lipinski definition) is 1. The van der Waals surface area contributed by atoms with Gasteiger partial charge in [0.1, 0.15) is 0 Å². The van der Waals surface area contributed by atoms with Gasteiger partial charge in [-0.2, -0.15) is 0 Å². The van der Waals surface area contributed by atoms with Gasteiger partial charge in [-0.3, -0.25) is 0 Å². The maximum atomic E-state index is 3.62. The smallest absolute Gasteiger partial charge is 0.00152 e. The molecule has 2 atom stereocenters. The van der Waals surface area contributed by atoms with Crippen molar-refractivity contribution in [1.29, 1.82) is 0 Å². The van der Waals surface area contributed by atoms with Crippen molar-refractivity contribution < 1.29 is 0 Å². The van der Waals surface area contributed by atoms with Gasteiger partial charge >= 0.3 is 0 Å². The highest BCUT2D eigenvalue weighted by Crippen LogP contribution is 2.53. The van der Waals surface area contributed by atoms with Gasteiger partial charge in [0.25, 0.3) is 0 Å². The highest BCUT2D eigenvalue weighted by molar-refractivity contribution is 4.97. The first kappa shape index (κ1) is 12.4. The Morgan fingerprint density at radius 3 is 2.69 bits per heavy atom. The summed E-state index contributed by atoms with van der Waals surface area (Å²) in [6.45, 7) is 9.86. The summed E-state index contributed by atoms with van der Waals surface area (Å²) in [7, 11) is 0. The van der Waals surface area contributed by atoms with Crippen LogP contribution in [0, 0.1) is 16.7 Å². The summed E-state index contributed by atoms with van der Waals surface area (Å²) >= 11 is 0. The Bertz CT molecular complexity index is 228. The van der Waals surface area contributed by atoms with E-state index in [1.165, 1.54) is 58.0 Å². The molecular weight excluding hydrogens is 194 g/mol. The summed E-state index contributed by atoms with van der Waals surface area (Å²) in [6.07, 6.45) is 10.1. The second-order valence-corrected chi connectivity index (χ2v) is 7.00. The average Bonchev–Trinajstić information content (AvgIpc) is 2.20. The molecule has 1 aliphatic carbocycles. The van der Waals surface area contributed by atoms with Crippen molar-refractivity contribution in [3.05, 3.63) is 0 Å². The van der Waals surface area contributed by atoms with E-state index in [2.05, 4.69) is 26.1 Å². The molecule has 1 heteroatoms. The molecule has 2 rings (SSSR count). The molecule has 1 saturated heterocycles. The zero-order valence-electron chi connectivity index (χ0n) is 11.4. The van der Waals surface area contributed by atoms with Crippen molar-refractivity contribution in [1.82, 2.24) is 5.32 Å². The molecule has 0 radical (unpaired) electrons. The molecule has 0 bridgehead atoms. The fourth-order valence-electron chi connectivity index (χ4n) is 4.40. The molecule has 0 aromatic heterocycles. The minimum Gasteiger partial charge on any atom is -0.316 e. The molecular formula is C15H29N. The average molecular weight is 223 g/mol. The summed E-state index contributed by atoms with van der Waals surface area (Å²) in [5.41, 5.74) is 1.30. The van der Waals surface area contributed by atoms with Crippen molar-refractivity contribution in [3.63, 3.8) is 0 Å². The van der Waals surface area contributed by atoms with E-state index < -0.39 is 0 Å². The van der Waals surface area contributed by atoms with Gasteiger partial charge < -0.3 is 5.32 Å². The summed E-state index contributed by atoms with van der Waals surface area (Å²) < 4.78 is 0. The molecule has 1 N–H and O–H groups in total. The zero-order chi connectivity index (χ0) is 11.6. The van der Waals surface area contributed by atoms with E-state index in [-0.39, 0.29) is 0 Å². The summed E-state index contributed by atoms with van der Waals surface area (Å²) in [4.78, 5) is 0. The standard InChI is InChI=1S/C15H29N/c1-4-6-13-11-16-10-9-15(13)8-5-7-14(2,3)12-15/h13,16H,4-12H2,1-3H3. The highest BCUT2D eigenvalue weighted by atomic mass is 14.9. The van der Waals surface area contributed by atoms with Crippen molar-refractivity contribution in [2.75, 3.05) is 13.1 Å². The van der Waals surface area contributed by atoms with Crippen molar-refractivity contribution in [2.45, 2.75) is 65.7 Å². The lowest BCUT2D eigenvalue weighted by molar-refractivity contribution is -0.00162. The third-order valence-corrected chi connectivity index (χ3v) is 5.05. The Labute approximate surface area is 101 Å². The van der Waals surface area contributed by atoms with Gasteiger partial charge in [-0.25, -0.2) is 0 Å². The van der Waals surface area contributed by atoms with Crippen LogP contribution in [0.1, 0.15) is 65.7 Å². The normalized spacial score (nSPS) is 38.8. The minimum atomic E-state index is 0.599. The number of piperidine rings is 1. The lowest BCUT2D eigenvalue weighted by Crippen LogP contribution is -2.48. The van der Waals surface area contributed by atoms with Crippen LogP contribution in [0.25, 0.3) is 0 Å². The lowest BCUT2D eigenvalue weighted by Gasteiger charge is -2.52. The molecule has 1 spiro atoms. The van der Waals surface area contributed by atoms with Crippen LogP contribution in [0.3, 0.4) is 0 Å². The third-order valence-electron chi connectivity index (χ3n) is 5.05. The van der Waals surface area contributed by atoms with Crippen LogP contribution >= 0.6 is 0 Å². The molecule has 0 aromatic rings. The van der Waals surface area contributed by atoms with E-state index in [1.807, 2.05) is 0 Å². The first-order chi connectivity index (χ1) is 7.58. The van der Waals surface area contributed by atoms with Crippen molar-refractivity contribution in [2.24, 2.45) is 16.7 Å². The van der Waals surface area contributed by atoms with Gasteiger partial charge in [0.05, 0.1) is 0 Å². The molecule has 1 saturated carbocycles. The Kier molecular flexibility index (Phi) is 3.63. The highest BCUT2D eigenvalue weighted by Gasteiger charge is 2.45. The number of rotatable bonds is 2. The van der Waals surface area contributed by atoms with E-state index in [9.17, 15) is 0 Å². The molecule has 1 heterocycles. The molecule has 16 heavy (non-hydrogen) atoms. The molecule has 1 aliphatic heterocycles. The predicted molar refractivity (Wildman–Crippen MR) is 70.6 cm³/mol. The Morgan fingerprint density at radius 2 is 2.00 bits per heavy atom. The van der Waals surface area contributed by atoms with Crippen LogP contribution in [-0.4, -0.2) is 13.1 Å². The molecule has 0 aromatic carbocycles. The number of nitrogens with one attached hydrogen (secondary N) is 1. The van der Waals surface area contributed by atoms with E-state index in [0.717, 1.165) is 5.92 Å². The fraction of sp³-hybridized carbons (Fsp3) is 1.00. The second-order valence-electron chi connectivity index (χ2n) is 7.00. The minimum absolute atomic E-state index is 0.599. The Balaban J connectivity index is 2.12. The second kappa shape index (κ2) is 4.68. The zero-order valence-corrected chi connectivity index (χ0v) is 11.4. The molecule has 94 valence electrons. The predicted octanol–water partition coefficient (Wildman–Crippen LogP) is 3.98. The van der Waals surface area contributed by atoms with E-state index in [4.69, 9.17) is 0 Å². The lowest BCUT2D eigenvalue weighted by atomic mass is 9.55. The first-order valence-corrected chi connectivity index (χ1v) is 7.29. The SMILES string of the molecule is CCCC1CNCCC12CCCC(C)(C)C2.